The fourth-order valence-electron chi connectivity index (χ4n) is 4.00. The predicted octanol–water partition coefficient (Wildman–Crippen LogP) is 5.93. The number of carbonyl (C=O) groups is 2. The molecule has 2 atom stereocenters. The Balaban J connectivity index is 1.50. The maximum Gasteiger partial charge on any atom is 0.339 e. The summed E-state index contributed by atoms with van der Waals surface area (Å²) in [7, 11) is 0. The topological polar surface area (TPSA) is 59.0 Å². The van der Waals surface area contributed by atoms with Gasteiger partial charge in [-0.15, -0.1) is 0 Å². The molecule has 166 valence electrons. The fraction of sp³-hybridized carbons (Fsp3) is 0.192. The molecule has 5 nitrogen and oxygen atoms in total. The van der Waals surface area contributed by atoms with Gasteiger partial charge in [0.2, 0.25) is 0 Å². The number of hydrogen-bond acceptors (Lipinski definition) is 5. The number of carbonyl (C=O) groups excluding carboxylic acids is 2. The molecule has 2 heterocycles. The Morgan fingerprint density at radius 3 is 2.55 bits per heavy atom. The van der Waals surface area contributed by atoms with E-state index in [1.807, 2.05) is 49.4 Å². The third-order valence-corrected chi connectivity index (χ3v) is 7.11. The van der Waals surface area contributed by atoms with Gasteiger partial charge in [0.25, 0.3) is 5.91 Å². The average molecular weight is 477 g/mol. The van der Waals surface area contributed by atoms with Gasteiger partial charge in [-0.1, -0.05) is 53.7 Å². The number of anilines is 1. The van der Waals surface area contributed by atoms with Gasteiger partial charge in [-0.2, -0.15) is 0 Å². The van der Waals surface area contributed by atoms with Crippen molar-refractivity contribution >= 4 is 46.1 Å². The normalized spacial score (nSPS) is 19.5. The number of cyclic esters (lactones) is 1. The highest BCUT2D eigenvalue weighted by atomic mass is 35.5. The van der Waals surface area contributed by atoms with Crippen LogP contribution in [0.15, 0.2) is 77.8 Å². The molecule has 0 bridgehead atoms. The maximum atomic E-state index is 13.7. The van der Waals surface area contributed by atoms with Crippen LogP contribution in [-0.4, -0.2) is 28.8 Å². The summed E-state index contributed by atoms with van der Waals surface area (Å²) in [6.45, 7) is 2.03. The summed E-state index contributed by atoms with van der Waals surface area (Å²) in [5, 5.41) is 1.26. The minimum absolute atomic E-state index is 0.137. The van der Waals surface area contributed by atoms with E-state index < -0.39 is 0 Å². The zero-order chi connectivity index (χ0) is 22.9. The SMILES string of the molecule is C[C@@H]1CSC(N(C(=O)c2ccc3c(c2)C[C@@H](c2ccccc2)OC3=O)c2ccc(Cl)cc2)=N1. The highest BCUT2D eigenvalue weighted by Gasteiger charge is 2.31. The summed E-state index contributed by atoms with van der Waals surface area (Å²) in [5.74, 6) is 0.250. The Bertz CT molecular complexity index is 1240. The molecular weight excluding hydrogens is 456 g/mol. The Labute approximate surface area is 201 Å². The first-order chi connectivity index (χ1) is 16.0. The molecule has 3 aromatic rings. The lowest BCUT2D eigenvalue weighted by Gasteiger charge is -2.26. The number of ether oxygens (including phenoxy) is 1. The monoisotopic (exact) mass is 476 g/mol. The third kappa shape index (κ3) is 4.41. The smallest absolute Gasteiger partial charge is 0.339 e. The molecule has 1 amide bonds. The minimum atomic E-state index is -0.375. The van der Waals surface area contributed by atoms with E-state index in [9.17, 15) is 9.59 Å². The van der Waals surface area contributed by atoms with Gasteiger partial charge in [0.05, 0.1) is 17.3 Å². The summed E-state index contributed by atoms with van der Waals surface area (Å²) in [4.78, 5) is 32.6. The maximum absolute atomic E-state index is 13.7. The van der Waals surface area contributed by atoms with E-state index in [2.05, 4.69) is 4.99 Å². The van der Waals surface area contributed by atoms with Crippen LogP contribution in [0.25, 0.3) is 0 Å². The van der Waals surface area contributed by atoms with Crippen LogP contribution < -0.4 is 4.90 Å². The summed E-state index contributed by atoms with van der Waals surface area (Å²) in [5.41, 5.74) is 3.42. The number of nitrogens with zero attached hydrogens (tertiary/aromatic N) is 2. The molecule has 0 aliphatic carbocycles. The standard InChI is InChI=1S/C26H21ClN2O3S/c1-16-15-33-26(28-16)29(21-10-8-20(27)9-11-21)24(30)18-7-12-22-19(13-18)14-23(32-25(22)31)17-5-3-2-4-6-17/h2-13,16,23H,14-15H2,1H3/t16-,23+/m1/s1. The Kier molecular flexibility index (Phi) is 5.96. The number of thioether (sulfide) groups is 1. The molecule has 7 heteroatoms. The third-order valence-electron chi connectivity index (χ3n) is 5.66. The summed E-state index contributed by atoms with van der Waals surface area (Å²) in [6.07, 6.45) is 0.138. The van der Waals surface area contributed by atoms with Gasteiger partial charge < -0.3 is 4.74 Å². The molecule has 2 aliphatic rings. The first-order valence-electron chi connectivity index (χ1n) is 10.7. The molecule has 33 heavy (non-hydrogen) atoms. The number of rotatable bonds is 3. The van der Waals surface area contributed by atoms with Crippen molar-refractivity contribution in [1.29, 1.82) is 0 Å². The second-order valence-electron chi connectivity index (χ2n) is 8.07. The van der Waals surface area contributed by atoms with Crippen LogP contribution in [0.3, 0.4) is 0 Å². The lowest BCUT2D eigenvalue weighted by atomic mass is 9.93. The number of fused-ring (bicyclic) bond motifs is 1. The van der Waals surface area contributed by atoms with Crippen molar-refractivity contribution in [1.82, 2.24) is 0 Å². The molecule has 2 aliphatic heterocycles. The first kappa shape index (κ1) is 21.7. The zero-order valence-corrected chi connectivity index (χ0v) is 19.5. The van der Waals surface area contributed by atoms with Gasteiger partial charge in [-0.3, -0.25) is 14.7 Å². The zero-order valence-electron chi connectivity index (χ0n) is 17.9. The van der Waals surface area contributed by atoms with E-state index in [0.29, 0.717) is 33.4 Å². The largest absolute Gasteiger partial charge is 0.454 e. The van der Waals surface area contributed by atoms with E-state index in [0.717, 1.165) is 16.9 Å². The van der Waals surface area contributed by atoms with Crippen LogP contribution in [0.1, 0.15) is 44.9 Å². The van der Waals surface area contributed by atoms with Crippen LogP contribution >= 0.6 is 23.4 Å². The quantitative estimate of drug-likeness (QED) is 0.439. The van der Waals surface area contributed by atoms with Crippen LogP contribution in [0, 0.1) is 0 Å². The molecular formula is C26H21ClN2O3S. The summed E-state index contributed by atoms with van der Waals surface area (Å²) in [6, 6.07) is 22.1. The lowest BCUT2D eigenvalue weighted by Crippen LogP contribution is -2.35. The van der Waals surface area contributed by atoms with Gasteiger partial charge >= 0.3 is 5.97 Å². The van der Waals surface area contributed by atoms with Crippen molar-refractivity contribution in [2.24, 2.45) is 4.99 Å². The predicted molar refractivity (Wildman–Crippen MR) is 132 cm³/mol. The van der Waals surface area contributed by atoms with E-state index in [4.69, 9.17) is 16.3 Å². The highest BCUT2D eigenvalue weighted by Crippen LogP contribution is 2.33. The van der Waals surface area contributed by atoms with Crippen LogP contribution in [-0.2, 0) is 11.2 Å². The number of esters is 1. The molecule has 0 fully saturated rings. The highest BCUT2D eigenvalue weighted by molar-refractivity contribution is 8.14. The molecule has 5 rings (SSSR count). The molecule has 3 aromatic carbocycles. The molecule has 0 aromatic heterocycles. The summed E-state index contributed by atoms with van der Waals surface area (Å²) < 4.78 is 5.65. The fourth-order valence-corrected chi connectivity index (χ4v) is 5.16. The Morgan fingerprint density at radius 1 is 1.09 bits per heavy atom. The lowest BCUT2D eigenvalue weighted by molar-refractivity contribution is 0.0252. The number of hydrogen-bond donors (Lipinski definition) is 0. The average Bonchev–Trinajstić information content (AvgIpc) is 3.26. The van der Waals surface area contributed by atoms with E-state index in [1.54, 1.807) is 47.0 Å². The van der Waals surface area contributed by atoms with Crippen LogP contribution in [0.5, 0.6) is 0 Å². The number of amidine groups is 1. The first-order valence-corrected chi connectivity index (χ1v) is 12.1. The Hall–Kier alpha value is -3.09. The molecule has 0 radical (unpaired) electrons. The van der Waals surface area contributed by atoms with Crippen molar-refractivity contribution in [3.63, 3.8) is 0 Å². The molecule has 0 N–H and O–H groups in total. The molecule has 0 unspecified atom stereocenters. The van der Waals surface area contributed by atoms with E-state index >= 15 is 0 Å². The molecule has 0 spiro atoms. The molecule has 0 saturated heterocycles. The van der Waals surface area contributed by atoms with Crippen molar-refractivity contribution in [2.75, 3.05) is 10.7 Å². The minimum Gasteiger partial charge on any atom is -0.454 e. The second-order valence-corrected chi connectivity index (χ2v) is 9.49. The number of amides is 1. The van der Waals surface area contributed by atoms with E-state index in [1.165, 1.54) is 0 Å². The van der Waals surface area contributed by atoms with Crippen LogP contribution in [0.4, 0.5) is 5.69 Å². The van der Waals surface area contributed by atoms with Gasteiger partial charge in [0, 0.05) is 22.8 Å². The number of halogens is 1. The van der Waals surface area contributed by atoms with Gasteiger partial charge in [-0.25, -0.2) is 4.79 Å². The van der Waals surface area contributed by atoms with Crippen molar-refractivity contribution in [3.05, 3.63) is 100 Å². The van der Waals surface area contributed by atoms with Crippen molar-refractivity contribution in [2.45, 2.75) is 25.5 Å². The van der Waals surface area contributed by atoms with Gasteiger partial charge in [0.15, 0.2) is 5.17 Å². The number of benzene rings is 3. The molecule has 0 saturated carbocycles. The van der Waals surface area contributed by atoms with Crippen molar-refractivity contribution in [3.8, 4) is 0 Å². The summed E-state index contributed by atoms with van der Waals surface area (Å²) >= 11 is 7.63. The van der Waals surface area contributed by atoms with Gasteiger partial charge in [-0.05, 0) is 60.5 Å². The van der Waals surface area contributed by atoms with E-state index in [-0.39, 0.29) is 24.0 Å². The Morgan fingerprint density at radius 2 is 1.85 bits per heavy atom. The second kappa shape index (κ2) is 9.04. The van der Waals surface area contributed by atoms with Gasteiger partial charge in [0.1, 0.15) is 6.10 Å². The number of aliphatic imine (C=N–C) groups is 1. The van der Waals surface area contributed by atoms with Crippen molar-refractivity contribution < 1.29 is 14.3 Å². The van der Waals surface area contributed by atoms with Crippen LogP contribution in [0.2, 0.25) is 5.02 Å².